The second-order valence-corrected chi connectivity index (χ2v) is 10.5. The second kappa shape index (κ2) is 4.34. The lowest BCUT2D eigenvalue weighted by Gasteiger charge is -2.61. The molecule has 0 aromatic rings. The van der Waals surface area contributed by atoms with E-state index in [0.29, 0.717) is 0 Å². The Hall–Kier alpha value is 0. The van der Waals surface area contributed by atoms with E-state index in [1.165, 1.54) is 19.3 Å². The van der Waals surface area contributed by atoms with Crippen LogP contribution < -0.4 is 0 Å². The first-order valence-electron chi connectivity index (χ1n) is 10.6. The van der Waals surface area contributed by atoms with Crippen LogP contribution in [0.15, 0.2) is 0 Å². The Morgan fingerprint density at radius 3 is 2.55 bits per heavy atom. The molecule has 8 atom stereocenters. The molecule has 0 N–H and O–H groups in total. The van der Waals surface area contributed by atoms with Gasteiger partial charge >= 0.3 is 0 Å². The third-order valence-electron chi connectivity index (χ3n) is 10.5. The van der Waals surface area contributed by atoms with Crippen LogP contribution in [0.4, 0.5) is 0 Å². The molecule has 0 spiro atoms. The van der Waals surface area contributed by atoms with Crippen molar-refractivity contribution in [3.63, 3.8) is 0 Å². The van der Waals surface area contributed by atoms with Gasteiger partial charge in [-0.15, -0.1) is 0 Å². The molecule has 0 aromatic carbocycles. The predicted molar refractivity (Wildman–Crippen MR) is 92.6 cm³/mol. The average Bonchev–Trinajstić information content (AvgIpc) is 3.18. The Morgan fingerprint density at radius 1 is 0.864 bits per heavy atom. The van der Waals surface area contributed by atoms with E-state index in [4.69, 9.17) is 0 Å². The van der Waals surface area contributed by atoms with E-state index >= 15 is 0 Å². The highest BCUT2D eigenvalue weighted by Gasteiger charge is 2.73. The topological polar surface area (TPSA) is 0 Å². The third kappa shape index (κ3) is 1.47. The Morgan fingerprint density at radius 2 is 1.73 bits per heavy atom. The molecule has 5 fully saturated rings. The standard InChI is InChI=1S/C22H36/c1-4-22-14-16(22)13-19-17-9-8-15-7-5-6-11-20(15,2)18(17)10-12-21(19,22)3/h15-19H,4-14H2,1-3H3/t15?,16-,17+,18-,19-,20-,21-,22+/m0/s1. The molecule has 0 bridgehead atoms. The number of hydrogen-bond acceptors (Lipinski definition) is 0. The molecule has 0 aromatic heterocycles. The minimum atomic E-state index is 0.728. The van der Waals surface area contributed by atoms with Gasteiger partial charge in [0.1, 0.15) is 0 Å². The normalized spacial score (nSPS) is 62.6. The summed E-state index contributed by atoms with van der Waals surface area (Å²) in [6.45, 7) is 7.96. The van der Waals surface area contributed by atoms with E-state index in [1.807, 2.05) is 0 Å². The van der Waals surface area contributed by atoms with Crippen molar-refractivity contribution < 1.29 is 0 Å². The van der Waals surface area contributed by atoms with Gasteiger partial charge in [-0.05, 0) is 104 Å². The van der Waals surface area contributed by atoms with Crippen LogP contribution in [-0.2, 0) is 0 Å². The Bertz CT molecular complexity index is 474. The molecule has 5 rings (SSSR count). The summed E-state index contributed by atoms with van der Waals surface area (Å²) in [5, 5.41) is 0. The van der Waals surface area contributed by atoms with Crippen molar-refractivity contribution in [3.05, 3.63) is 0 Å². The molecule has 0 nitrogen and oxygen atoms in total. The lowest BCUT2D eigenvalue weighted by molar-refractivity contribution is -0.120. The minimum absolute atomic E-state index is 0.728. The van der Waals surface area contributed by atoms with Crippen molar-refractivity contribution in [2.24, 2.45) is 45.8 Å². The van der Waals surface area contributed by atoms with Crippen LogP contribution in [0.3, 0.4) is 0 Å². The third-order valence-corrected chi connectivity index (χ3v) is 10.5. The van der Waals surface area contributed by atoms with E-state index in [2.05, 4.69) is 20.8 Å². The molecule has 0 radical (unpaired) electrons. The Kier molecular flexibility index (Phi) is 2.83. The maximum absolute atomic E-state index is 2.74. The van der Waals surface area contributed by atoms with Crippen LogP contribution in [-0.4, -0.2) is 0 Å². The van der Waals surface area contributed by atoms with Crippen molar-refractivity contribution in [2.75, 3.05) is 0 Å². The van der Waals surface area contributed by atoms with Crippen LogP contribution in [0.2, 0.25) is 0 Å². The monoisotopic (exact) mass is 300 g/mol. The van der Waals surface area contributed by atoms with Gasteiger partial charge in [0.05, 0.1) is 0 Å². The quantitative estimate of drug-likeness (QED) is 0.522. The van der Waals surface area contributed by atoms with Gasteiger partial charge < -0.3 is 0 Å². The first kappa shape index (κ1) is 14.4. The lowest BCUT2D eigenvalue weighted by Crippen LogP contribution is -2.53. The SMILES string of the molecule is CC[C@@]12C[C@@H]1C[C@H]1[C@@H]3CCC4CCCC[C@]4(C)[C@H]3CC[C@@]12C. The smallest absolute Gasteiger partial charge is 0.0212 e. The summed E-state index contributed by atoms with van der Waals surface area (Å²) in [7, 11) is 0. The Balaban J connectivity index is 1.48. The van der Waals surface area contributed by atoms with Crippen molar-refractivity contribution in [1.82, 2.24) is 0 Å². The minimum Gasteiger partial charge on any atom is -0.0648 e. The van der Waals surface area contributed by atoms with Crippen molar-refractivity contribution in [1.29, 1.82) is 0 Å². The van der Waals surface area contributed by atoms with Crippen LogP contribution in [0.1, 0.15) is 91.4 Å². The maximum Gasteiger partial charge on any atom is -0.0212 e. The van der Waals surface area contributed by atoms with Gasteiger partial charge in [0.15, 0.2) is 0 Å². The van der Waals surface area contributed by atoms with Crippen LogP contribution >= 0.6 is 0 Å². The number of rotatable bonds is 1. The summed E-state index contributed by atoms with van der Waals surface area (Å²) in [5.41, 5.74) is 2.26. The van der Waals surface area contributed by atoms with Gasteiger partial charge in [-0.3, -0.25) is 0 Å². The highest BCUT2D eigenvalue weighted by atomic mass is 14.8. The van der Waals surface area contributed by atoms with E-state index in [0.717, 1.165) is 45.8 Å². The number of fused-ring (bicyclic) bond motifs is 7. The largest absolute Gasteiger partial charge is 0.0648 e. The zero-order valence-electron chi connectivity index (χ0n) is 15.2. The first-order valence-corrected chi connectivity index (χ1v) is 10.6. The zero-order chi connectivity index (χ0) is 15.2. The van der Waals surface area contributed by atoms with Gasteiger partial charge in [0.25, 0.3) is 0 Å². The molecular formula is C22H36. The molecule has 0 amide bonds. The molecule has 0 heterocycles. The van der Waals surface area contributed by atoms with Crippen LogP contribution in [0.5, 0.6) is 0 Å². The average molecular weight is 301 g/mol. The summed E-state index contributed by atoms with van der Waals surface area (Å²) in [5.74, 6) is 5.51. The molecule has 22 heavy (non-hydrogen) atoms. The maximum atomic E-state index is 2.74. The lowest BCUT2D eigenvalue weighted by atomic mass is 9.44. The Labute approximate surface area is 137 Å². The fourth-order valence-electron chi connectivity index (χ4n) is 9.20. The summed E-state index contributed by atoms with van der Waals surface area (Å²) in [6, 6.07) is 0. The van der Waals surface area contributed by atoms with E-state index < -0.39 is 0 Å². The van der Waals surface area contributed by atoms with Crippen LogP contribution in [0, 0.1) is 45.8 Å². The summed E-state index contributed by atoms with van der Waals surface area (Å²) < 4.78 is 0. The fraction of sp³-hybridized carbons (Fsp3) is 1.00. The highest BCUT2D eigenvalue weighted by molar-refractivity contribution is 5.22. The number of hydrogen-bond donors (Lipinski definition) is 0. The molecule has 124 valence electrons. The second-order valence-electron chi connectivity index (χ2n) is 10.5. The van der Waals surface area contributed by atoms with Crippen molar-refractivity contribution in [2.45, 2.75) is 91.4 Å². The van der Waals surface area contributed by atoms with E-state index in [9.17, 15) is 0 Å². The first-order chi connectivity index (χ1) is 10.6. The van der Waals surface area contributed by atoms with Gasteiger partial charge in [-0.25, -0.2) is 0 Å². The molecule has 0 aliphatic heterocycles. The zero-order valence-corrected chi connectivity index (χ0v) is 15.2. The van der Waals surface area contributed by atoms with Gasteiger partial charge in [0, 0.05) is 0 Å². The van der Waals surface area contributed by atoms with Gasteiger partial charge in [-0.1, -0.05) is 33.6 Å². The van der Waals surface area contributed by atoms with Crippen molar-refractivity contribution >= 4 is 0 Å². The summed E-state index contributed by atoms with van der Waals surface area (Å²) in [6.07, 6.45) is 17.2. The fourth-order valence-corrected chi connectivity index (χ4v) is 9.20. The highest BCUT2D eigenvalue weighted by Crippen LogP contribution is 2.81. The molecule has 0 heteroatoms. The molecule has 0 saturated heterocycles. The van der Waals surface area contributed by atoms with Crippen LogP contribution in [0.25, 0.3) is 0 Å². The molecular weight excluding hydrogens is 264 g/mol. The van der Waals surface area contributed by atoms with Crippen molar-refractivity contribution in [3.8, 4) is 0 Å². The van der Waals surface area contributed by atoms with E-state index in [-0.39, 0.29) is 0 Å². The molecule has 5 saturated carbocycles. The molecule has 5 aliphatic rings. The predicted octanol–water partition coefficient (Wildman–Crippen LogP) is 6.45. The molecule has 5 aliphatic carbocycles. The molecule has 1 unspecified atom stereocenters. The summed E-state index contributed by atoms with van der Waals surface area (Å²) >= 11 is 0. The van der Waals surface area contributed by atoms with Gasteiger partial charge in [0.2, 0.25) is 0 Å². The van der Waals surface area contributed by atoms with E-state index in [1.54, 1.807) is 51.4 Å². The summed E-state index contributed by atoms with van der Waals surface area (Å²) in [4.78, 5) is 0. The van der Waals surface area contributed by atoms with Gasteiger partial charge in [-0.2, -0.15) is 0 Å².